The largest absolute Gasteiger partial charge is 0.387 e. The molecule has 0 saturated carbocycles. The second-order valence-electron chi connectivity index (χ2n) is 6.47. The van der Waals surface area contributed by atoms with Crippen LogP contribution in [0.1, 0.15) is 30.6 Å². The fourth-order valence-corrected chi connectivity index (χ4v) is 4.18. The van der Waals surface area contributed by atoms with Crippen molar-refractivity contribution >= 4 is 20.9 Å². The van der Waals surface area contributed by atoms with E-state index in [1.54, 1.807) is 12.1 Å². The number of rotatable bonds is 7. The summed E-state index contributed by atoms with van der Waals surface area (Å²) in [4.78, 5) is 0.211. The Labute approximate surface area is 154 Å². The van der Waals surface area contributed by atoms with Crippen LogP contribution in [0.25, 0.3) is 10.9 Å². The normalized spacial score (nSPS) is 13.2. The van der Waals surface area contributed by atoms with Gasteiger partial charge in [0.25, 0.3) is 0 Å². The summed E-state index contributed by atoms with van der Waals surface area (Å²) < 4.78 is 29.4. The Hall–Kier alpha value is -2.15. The van der Waals surface area contributed by atoms with Crippen LogP contribution < -0.4 is 4.72 Å². The van der Waals surface area contributed by atoms with E-state index in [0.717, 1.165) is 29.3 Å². The summed E-state index contributed by atoms with van der Waals surface area (Å²) in [5, 5.41) is 11.4. The number of benzene rings is 2. The number of aryl methyl sites for hydroxylation is 2. The second kappa shape index (κ2) is 7.61. The van der Waals surface area contributed by atoms with Crippen molar-refractivity contribution in [1.29, 1.82) is 0 Å². The molecule has 0 spiro atoms. The van der Waals surface area contributed by atoms with Gasteiger partial charge in [0, 0.05) is 36.3 Å². The van der Waals surface area contributed by atoms with Crippen molar-refractivity contribution in [2.45, 2.75) is 30.8 Å². The number of hydrogen-bond donors (Lipinski definition) is 2. The molecule has 1 atom stereocenters. The van der Waals surface area contributed by atoms with Crippen LogP contribution in [-0.4, -0.2) is 24.6 Å². The first-order chi connectivity index (χ1) is 12.4. The van der Waals surface area contributed by atoms with E-state index in [0.29, 0.717) is 5.56 Å². The van der Waals surface area contributed by atoms with E-state index < -0.39 is 16.1 Å². The number of aliphatic hydroxyl groups is 1. The Morgan fingerprint density at radius 1 is 1.12 bits per heavy atom. The summed E-state index contributed by atoms with van der Waals surface area (Å²) in [5.74, 6) is 0. The van der Waals surface area contributed by atoms with Gasteiger partial charge in [0.1, 0.15) is 0 Å². The van der Waals surface area contributed by atoms with Crippen LogP contribution in [0.4, 0.5) is 0 Å². The molecular weight excluding hydrogens is 348 g/mol. The van der Waals surface area contributed by atoms with Gasteiger partial charge in [-0.3, -0.25) is 0 Å². The molecule has 138 valence electrons. The van der Waals surface area contributed by atoms with E-state index in [1.165, 1.54) is 0 Å². The van der Waals surface area contributed by atoms with Gasteiger partial charge in [-0.05, 0) is 30.2 Å². The first-order valence-corrected chi connectivity index (χ1v) is 10.2. The molecule has 26 heavy (non-hydrogen) atoms. The molecule has 0 bridgehead atoms. The number of nitrogens with zero attached hydrogens (tertiary/aromatic N) is 1. The number of aliphatic hydroxyl groups excluding tert-OH is 1. The average Bonchev–Trinajstić information content (AvgIpc) is 2.98. The summed E-state index contributed by atoms with van der Waals surface area (Å²) in [6.07, 6.45) is 2.86. The predicted molar refractivity (Wildman–Crippen MR) is 104 cm³/mol. The summed E-state index contributed by atoms with van der Waals surface area (Å²) in [5.41, 5.74) is 2.82. The van der Waals surface area contributed by atoms with E-state index in [9.17, 15) is 13.5 Å². The number of fused-ring (bicyclic) bond motifs is 1. The lowest BCUT2D eigenvalue weighted by Crippen LogP contribution is -2.28. The number of nitrogens with one attached hydrogen (secondary N) is 1. The molecule has 1 aromatic heterocycles. The molecule has 0 radical (unpaired) electrons. The quantitative estimate of drug-likeness (QED) is 0.669. The van der Waals surface area contributed by atoms with E-state index in [4.69, 9.17) is 0 Å². The van der Waals surface area contributed by atoms with Crippen LogP contribution in [0.3, 0.4) is 0 Å². The first kappa shape index (κ1) is 18.6. The summed E-state index contributed by atoms with van der Waals surface area (Å²) >= 11 is 0. The van der Waals surface area contributed by atoms with E-state index >= 15 is 0 Å². The summed E-state index contributed by atoms with van der Waals surface area (Å²) in [6.45, 7) is 2.01. The highest BCUT2D eigenvalue weighted by Gasteiger charge is 2.19. The zero-order valence-corrected chi connectivity index (χ0v) is 15.8. The van der Waals surface area contributed by atoms with Gasteiger partial charge in [-0.25, -0.2) is 13.1 Å². The SMILES string of the molecule is CCCc1ccc(S(=O)(=O)NCC(O)c2cn(C)c3ccccc23)cc1. The average molecular weight is 372 g/mol. The lowest BCUT2D eigenvalue weighted by Gasteiger charge is -2.12. The molecule has 0 aliphatic carbocycles. The van der Waals surface area contributed by atoms with E-state index in [2.05, 4.69) is 11.6 Å². The fourth-order valence-electron chi connectivity index (χ4n) is 3.14. The first-order valence-electron chi connectivity index (χ1n) is 8.73. The Balaban J connectivity index is 1.74. The third-order valence-electron chi connectivity index (χ3n) is 4.53. The minimum atomic E-state index is -3.66. The van der Waals surface area contributed by atoms with E-state index in [-0.39, 0.29) is 11.4 Å². The minimum absolute atomic E-state index is 0.0763. The third kappa shape index (κ3) is 3.82. The van der Waals surface area contributed by atoms with Crippen LogP contribution >= 0.6 is 0 Å². The molecule has 1 heterocycles. The van der Waals surface area contributed by atoms with Crippen molar-refractivity contribution in [1.82, 2.24) is 9.29 Å². The molecule has 6 heteroatoms. The highest BCUT2D eigenvalue weighted by molar-refractivity contribution is 7.89. The van der Waals surface area contributed by atoms with Gasteiger partial charge in [0.2, 0.25) is 10.0 Å². The Kier molecular flexibility index (Phi) is 5.46. The summed E-state index contributed by atoms with van der Waals surface area (Å²) in [6, 6.07) is 14.6. The fraction of sp³-hybridized carbons (Fsp3) is 0.300. The van der Waals surface area contributed by atoms with Crippen molar-refractivity contribution in [3.8, 4) is 0 Å². The Morgan fingerprint density at radius 3 is 2.50 bits per heavy atom. The lowest BCUT2D eigenvalue weighted by molar-refractivity contribution is 0.183. The number of sulfonamides is 1. The van der Waals surface area contributed by atoms with Gasteiger partial charge in [-0.2, -0.15) is 0 Å². The van der Waals surface area contributed by atoms with Crippen LogP contribution in [0.2, 0.25) is 0 Å². The summed E-state index contributed by atoms with van der Waals surface area (Å²) in [7, 11) is -1.75. The molecule has 1 unspecified atom stereocenters. The lowest BCUT2D eigenvalue weighted by atomic mass is 10.1. The maximum absolute atomic E-state index is 12.5. The molecule has 0 fully saturated rings. The predicted octanol–water partition coefficient (Wildman–Crippen LogP) is 3.14. The van der Waals surface area contributed by atoms with Gasteiger partial charge < -0.3 is 9.67 Å². The van der Waals surface area contributed by atoms with Crippen LogP contribution in [0.5, 0.6) is 0 Å². The number of aromatic nitrogens is 1. The monoisotopic (exact) mass is 372 g/mol. The molecular formula is C20H24N2O3S. The molecule has 2 N–H and O–H groups in total. The molecule has 0 saturated heterocycles. The minimum Gasteiger partial charge on any atom is -0.387 e. The maximum atomic E-state index is 12.5. The standard InChI is InChI=1S/C20H24N2O3S/c1-3-6-15-9-11-16(12-10-15)26(24,25)21-13-20(23)18-14-22(2)19-8-5-4-7-17(18)19/h4-5,7-12,14,20-21,23H,3,6,13H2,1-2H3. The van der Waals surface area contributed by atoms with Crippen LogP contribution in [-0.2, 0) is 23.5 Å². The van der Waals surface area contributed by atoms with Gasteiger partial charge >= 0.3 is 0 Å². The van der Waals surface area contributed by atoms with E-state index in [1.807, 2.05) is 54.2 Å². The molecule has 3 aromatic rings. The van der Waals surface area contributed by atoms with Crippen LogP contribution in [0.15, 0.2) is 59.6 Å². The maximum Gasteiger partial charge on any atom is 0.240 e. The smallest absolute Gasteiger partial charge is 0.240 e. The van der Waals surface area contributed by atoms with Crippen molar-refractivity contribution < 1.29 is 13.5 Å². The zero-order chi connectivity index (χ0) is 18.7. The van der Waals surface area contributed by atoms with Crippen molar-refractivity contribution in [3.05, 3.63) is 65.9 Å². The molecule has 3 rings (SSSR count). The zero-order valence-electron chi connectivity index (χ0n) is 15.0. The van der Waals surface area contributed by atoms with Gasteiger partial charge in [0.05, 0.1) is 11.0 Å². The van der Waals surface area contributed by atoms with Gasteiger partial charge in [-0.1, -0.05) is 43.7 Å². The van der Waals surface area contributed by atoms with Gasteiger partial charge in [-0.15, -0.1) is 0 Å². The highest BCUT2D eigenvalue weighted by Crippen LogP contribution is 2.25. The molecule has 0 aliphatic rings. The van der Waals surface area contributed by atoms with Crippen molar-refractivity contribution in [2.75, 3.05) is 6.54 Å². The van der Waals surface area contributed by atoms with Crippen molar-refractivity contribution in [3.63, 3.8) is 0 Å². The second-order valence-corrected chi connectivity index (χ2v) is 8.24. The highest BCUT2D eigenvalue weighted by atomic mass is 32.2. The molecule has 0 amide bonds. The molecule has 0 aliphatic heterocycles. The Morgan fingerprint density at radius 2 is 1.81 bits per heavy atom. The number of para-hydroxylation sites is 1. The Bertz CT molecular complexity index is 992. The van der Waals surface area contributed by atoms with Gasteiger partial charge in [0.15, 0.2) is 0 Å². The third-order valence-corrected chi connectivity index (χ3v) is 5.97. The topological polar surface area (TPSA) is 71.3 Å². The molecule has 5 nitrogen and oxygen atoms in total. The molecule has 2 aromatic carbocycles. The number of hydrogen-bond acceptors (Lipinski definition) is 3. The van der Waals surface area contributed by atoms with Crippen LogP contribution in [0, 0.1) is 0 Å². The van der Waals surface area contributed by atoms with Crippen molar-refractivity contribution in [2.24, 2.45) is 7.05 Å².